The molecule has 0 spiro atoms. The number of rotatable bonds is 4. The summed E-state index contributed by atoms with van der Waals surface area (Å²) in [7, 11) is 0. The molecule has 1 aromatic carbocycles. The van der Waals surface area contributed by atoms with Gasteiger partial charge in [-0.3, -0.25) is 4.79 Å². The molecule has 2 aromatic rings. The number of ether oxygens (including phenoxy) is 1. The molecule has 0 saturated carbocycles. The lowest BCUT2D eigenvalue weighted by atomic mass is 9.88. The number of esters is 1. The fourth-order valence-electron chi connectivity index (χ4n) is 2.90. The molecule has 1 atom stereocenters. The van der Waals surface area contributed by atoms with Crippen LogP contribution in [-0.4, -0.2) is 23.5 Å². The van der Waals surface area contributed by atoms with Gasteiger partial charge in [0.15, 0.2) is 12.3 Å². The van der Waals surface area contributed by atoms with Crippen molar-refractivity contribution >= 4 is 35.1 Å². The van der Waals surface area contributed by atoms with Crippen LogP contribution in [0.25, 0.3) is 0 Å². The molecule has 0 radical (unpaired) electrons. The lowest BCUT2D eigenvalue weighted by Crippen LogP contribution is -2.34. The molecule has 1 N–H and O–H groups in total. The van der Waals surface area contributed by atoms with Gasteiger partial charge in [0.1, 0.15) is 5.15 Å². The van der Waals surface area contributed by atoms with Crippen LogP contribution in [0.4, 0.5) is 0 Å². The van der Waals surface area contributed by atoms with E-state index in [1.807, 2.05) is 18.2 Å². The summed E-state index contributed by atoms with van der Waals surface area (Å²) in [6.07, 6.45) is 2.87. The van der Waals surface area contributed by atoms with Gasteiger partial charge < -0.3 is 10.1 Å². The molecule has 0 fully saturated rings. The van der Waals surface area contributed by atoms with E-state index in [1.54, 1.807) is 0 Å². The number of nitrogens with one attached hydrogen (secondary N) is 1. The van der Waals surface area contributed by atoms with Gasteiger partial charge in [-0.15, -0.1) is 0 Å². The topological polar surface area (TPSA) is 68.3 Å². The third-order valence-corrected chi connectivity index (χ3v) is 4.56. The Hall–Kier alpha value is -2.11. The summed E-state index contributed by atoms with van der Waals surface area (Å²) in [5.41, 5.74) is 2.25. The van der Waals surface area contributed by atoms with Crippen LogP contribution in [0.2, 0.25) is 10.2 Å². The zero-order chi connectivity index (χ0) is 17.8. The maximum absolute atomic E-state index is 12.1. The first kappa shape index (κ1) is 17.7. The highest BCUT2D eigenvalue weighted by Crippen LogP contribution is 2.29. The fraction of sp³-hybridized carbons (Fsp3) is 0.278. The Kier molecular flexibility index (Phi) is 5.56. The van der Waals surface area contributed by atoms with E-state index in [1.165, 1.54) is 17.7 Å². The quantitative estimate of drug-likeness (QED) is 0.649. The molecule has 5 nitrogen and oxygen atoms in total. The molecule has 1 aliphatic carbocycles. The van der Waals surface area contributed by atoms with Crippen molar-refractivity contribution in [2.24, 2.45) is 0 Å². The number of nitrogens with zero attached hydrogens (tertiary/aromatic N) is 1. The maximum Gasteiger partial charge on any atom is 0.359 e. The first-order chi connectivity index (χ1) is 12.0. The zero-order valence-corrected chi connectivity index (χ0v) is 14.8. The first-order valence-corrected chi connectivity index (χ1v) is 8.66. The van der Waals surface area contributed by atoms with Crippen molar-refractivity contribution < 1.29 is 14.3 Å². The average Bonchev–Trinajstić information content (AvgIpc) is 2.62. The van der Waals surface area contributed by atoms with Crippen LogP contribution in [0.3, 0.4) is 0 Å². The zero-order valence-electron chi connectivity index (χ0n) is 13.3. The highest BCUT2D eigenvalue weighted by molar-refractivity contribution is 6.34. The second kappa shape index (κ2) is 7.85. The predicted molar refractivity (Wildman–Crippen MR) is 94.8 cm³/mol. The second-order valence-corrected chi connectivity index (χ2v) is 6.55. The summed E-state index contributed by atoms with van der Waals surface area (Å²) >= 11 is 11.6. The lowest BCUT2D eigenvalue weighted by molar-refractivity contribution is -0.125. The molecule has 0 saturated heterocycles. The summed E-state index contributed by atoms with van der Waals surface area (Å²) in [4.78, 5) is 28.0. The molecular weight excluding hydrogens is 363 g/mol. The number of pyridine rings is 1. The number of aryl methyl sites for hydroxylation is 1. The van der Waals surface area contributed by atoms with E-state index in [0.717, 1.165) is 24.8 Å². The van der Waals surface area contributed by atoms with Crippen molar-refractivity contribution in [1.29, 1.82) is 0 Å². The number of benzene rings is 1. The SMILES string of the molecule is O=C(COC(=O)c1nc(Cl)ccc1Cl)N[C@@H]1CCCc2ccccc21. The third kappa shape index (κ3) is 4.30. The summed E-state index contributed by atoms with van der Waals surface area (Å²) in [5, 5.41) is 3.16. The van der Waals surface area contributed by atoms with E-state index in [0.29, 0.717) is 0 Å². The van der Waals surface area contributed by atoms with Gasteiger partial charge in [-0.25, -0.2) is 9.78 Å². The number of halogens is 2. The molecule has 1 heterocycles. The molecule has 1 aromatic heterocycles. The van der Waals surface area contributed by atoms with E-state index in [4.69, 9.17) is 27.9 Å². The minimum Gasteiger partial charge on any atom is -0.451 e. The fourth-order valence-corrected chi connectivity index (χ4v) is 3.23. The van der Waals surface area contributed by atoms with Crippen molar-refractivity contribution in [2.75, 3.05) is 6.61 Å². The minimum absolute atomic E-state index is 0.0657. The average molecular weight is 379 g/mol. The molecule has 0 aliphatic heterocycles. The number of carbonyl (C=O) groups is 2. The number of hydrogen-bond donors (Lipinski definition) is 1. The lowest BCUT2D eigenvalue weighted by Gasteiger charge is -2.26. The predicted octanol–water partition coefficient (Wildman–Crippen LogP) is 3.74. The summed E-state index contributed by atoms with van der Waals surface area (Å²) < 4.78 is 5.00. The van der Waals surface area contributed by atoms with Crippen LogP contribution < -0.4 is 5.32 Å². The maximum atomic E-state index is 12.1. The van der Waals surface area contributed by atoms with Gasteiger partial charge in [-0.05, 0) is 42.5 Å². The molecule has 130 valence electrons. The third-order valence-electron chi connectivity index (χ3n) is 4.04. The molecule has 7 heteroatoms. The van der Waals surface area contributed by atoms with Crippen molar-refractivity contribution in [3.05, 3.63) is 63.4 Å². The van der Waals surface area contributed by atoms with Crippen LogP contribution >= 0.6 is 23.2 Å². The van der Waals surface area contributed by atoms with Crippen LogP contribution in [-0.2, 0) is 16.0 Å². The van der Waals surface area contributed by atoms with Gasteiger partial charge in [0, 0.05) is 0 Å². The summed E-state index contributed by atoms with van der Waals surface area (Å²) in [6.45, 7) is -0.401. The van der Waals surface area contributed by atoms with Gasteiger partial charge >= 0.3 is 5.97 Å². The van der Waals surface area contributed by atoms with Gasteiger partial charge in [-0.1, -0.05) is 47.5 Å². The Bertz CT molecular complexity index is 811. The number of fused-ring (bicyclic) bond motifs is 1. The van der Waals surface area contributed by atoms with E-state index >= 15 is 0 Å². The normalized spacial score (nSPS) is 16.0. The number of hydrogen-bond acceptors (Lipinski definition) is 4. The Morgan fingerprint density at radius 2 is 2.00 bits per heavy atom. The van der Waals surface area contributed by atoms with Crippen LogP contribution in [0.1, 0.15) is 40.5 Å². The van der Waals surface area contributed by atoms with E-state index < -0.39 is 12.6 Å². The Morgan fingerprint density at radius 1 is 1.20 bits per heavy atom. The summed E-state index contributed by atoms with van der Waals surface area (Å²) in [6, 6.07) is 10.9. The largest absolute Gasteiger partial charge is 0.451 e. The highest BCUT2D eigenvalue weighted by Gasteiger charge is 2.22. The monoisotopic (exact) mass is 378 g/mol. The summed E-state index contributed by atoms with van der Waals surface area (Å²) in [5.74, 6) is -1.15. The van der Waals surface area contributed by atoms with Gasteiger partial charge in [0.05, 0.1) is 11.1 Å². The van der Waals surface area contributed by atoms with Crippen LogP contribution in [0.15, 0.2) is 36.4 Å². The van der Waals surface area contributed by atoms with Crippen molar-refractivity contribution in [2.45, 2.75) is 25.3 Å². The Balaban J connectivity index is 1.59. The number of amides is 1. The van der Waals surface area contributed by atoms with Crippen molar-refractivity contribution in [3.8, 4) is 0 Å². The molecule has 1 aliphatic rings. The van der Waals surface area contributed by atoms with E-state index in [9.17, 15) is 9.59 Å². The first-order valence-electron chi connectivity index (χ1n) is 7.91. The molecule has 0 unspecified atom stereocenters. The highest BCUT2D eigenvalue weighted by atomic mass is 35.5. The minimum atomic E-state index is -0.785. The van der Waals surface area contributed by atoms with Crippen LogP contribution in [0.5, 0.6) is 0 Å². The number of carbonyl (C=O) groups excluding carboxylic acids is 2. The molecule has 3 rings (SSSR count). The smallest absolute Gasteiger partial charge is 0.359 e. The van der Waals surface area contributed by atoms with E-state index in [2.05, 4.69) is 16.4 Å². The molecular formula is C18H16Cl2N2O3. The Morgan fingerprint density at radius 3 is 2.84 bits per heavy atom. The van der Waals surface area contributed by atoms with Gasteiger partial charge in [0.2, 0.25) is 0 Å². The van der Waals surface area contributed by atoms with E-state index in [-0.39, 0.29) is 27.8 Å². The molecule has 1 amide bonds. The van der Waals surface area contributed by atoms with Gasteiger partial charge in [0.25, 0.3) is 5.91 Å². The van der Waals surface area contributed by atoms with Crippen LogP contribution in [0, 0.1) is 0 Å². The standard InChI is InChI=1S/C18H16Cl2N2O3/c19-13-8-9-15(20)22-17(13)18(24)25-10-16(23)21-14-7-3-5-11-4-1-2-6-12(11)14/h1-2,4,6,8-9,14H,3,5,7,10H2,(H,21,23)/t14-/m1/s1. The van der Waals surface area contributed by atoms with Crippen molar-refractivity contribution in [3.63, 3.8) is 0 Å². The Labute approximate surface area is 155 Å². The van der Waals surface area contributed by atoms with Crippen molar-refractivity contribution in [1.82, 2.24) is 10.3 Å². The molecule has 0 bridgehead atoms. The van der Waals surface area contributed by atoms with Gasteiger partial charge in [-0.2, -0.15) is 0 Å². The number of aromatic nitrogens is 1. The second-order valence-electron chi connectivity index (χ2n) is 5.75. The molecule has 25 heavy (non-hydrogen) atoms.